The molecule has 5 nitrogen and oxygen atoms in total. The number of amides is 1. The maximum Gasteiger partial charge on any atom is 0.225 e. The zero-order valence-corrected chi connectivity index (χ0v) is 16.6. The molecule has 0 aliphatic carbocycles. The van der Waals surface area contributed by atoms with Crippen LogP contribution in [0.25, 0.3) is 0 Å². The van der Waals surface area contributed by atoms with Gasteiger partial charge in [0.2, 0.25) is 5.91 Å². The molecule has 2 aromatic rings. The number of carbonyl (C=O) groups is 1. The lowest BCUT2D eigenvalue weighted by Gasteiger charge is -2.39. The fraction of sp³-hybridized carbons (Fsp3) is 0.409. The zero-order valence-electron chi connectivity index (χ0n) is 16.6. The lowest BCUT2D eigenvalue weighted by molar-refractivity contribution is -0.136. The second kappa shape index (κ2) is 7.91. The van der Waals surface area contributed by atoms with Crippen molar-refractivity contribution in [3.63, 3.8) is 0 Å². The Bertz CT molecular complexity index is 814. The summed E-state index contributed by atoms with van der Waals surface area (Å²) in [6, 6.07) is 11.8. The van der Waals surface area contributed by atoms with Gasteiger partial charge in [-0.1, -0.05) is 26.0 Å². The van der Waals surface area contributed by atoms with Crippen LogP contribution in [0.4, 0.5) is 0 Å². The quantitative estimate of drug-likeness (QED) is 0.803. The Kier molecular flexibility index (Phi) is 5.59. The summed E-state index contributed by atoms with van der Waals surface area (Å²) in [6.07, 6.45) is 0.792. The van der Waals surface area contributed by atoms with Crippen molar-refractivity contribution in [2.75, 3.05) is 27.9 Å². The number of fused-ring (bicyclic) bond motifs is 1. The minimum atomic E-state index is -0.158. The molecule has 1 atom stereocenters. The van der Waals surface area contributed by atoms with E-state index < -0.39 is 0 Å². The highest BCUT2D eigenvalue weighted by atomic mass is 16.5. The van der Waals surface area contributed by atoms with Gasteiger partial charge in [0.25, 0.3) is 0 Å². The van der Waals surface area contributed by atoms with Gasteiger partial charge in [-0.05, 0) is 47.4 Å². The van der Waals surface area contributed by atoms with Crippen LogP contribution in [0.15, 0.2) is 36.4 Å². The third kappa shape index (κ3) is 3.59. The number of hydrogen-bond acceptors (Lipinski definition) is 4. The van der Waals surface area contributed by atoms with E-state index in [0.29, 0.717) is 18.0 Å². The molecule has 0 saturated heterocycles. The van der Waals surface area contributed by atoms with Gasteiger partial charge in [0.15, 0.2) is 11.5 Å². The first-order valence-electron chi connectivity index (χ1n) is 9.19. The summed E-state index contributed by atoms with van der Waals surface area (Å²) < 4.78 is 16.3. The predicted octanol–water partition coefficient (Wildman–Crippen LogP) is 3.84. The predicted molar refractivity (Wildman–Crippen MR) is 105 cm³/mol. The van der Waals surface area contributed by atoms with Crippen molar-refractivity contribution in [3.05, 3.63) is 53.1 Å². The average molecular weight is 369 g/mol. The van der Waals surface area contributed by atoms with E-state index in [-0.39, 0.29) is 17.9 Å². The van der Waals surface area contributed by atoms with E-state index >= 15 is 0 Å². The van der Waals surface area contributed by atoms with Gasteiger partial charge >= 0.3 is 0 Å². The first kappa shape index (κ1) is 19.1. The van der Waals surface area contributed by atoms with Crippen LogP contribution in [0, 0.1) is 5.92 Å². The van der Waals surface area contributed by atoms with Gasteiger partial charge in [-0.3, -0.25) is 4.79 Å². The molecule has 0 saturated carbocycles. The van der Waals surface area contributed by atoms with Gasteiger partial charge in [0.1, 0.15) is 5.75 Å². The molecule has 1 aliphatic rings. The minimum Gasteiger partial charge on any atom is -0.497 e. The molecule has 0 unspecified atom stereocenters. The fourth-order valence-corrected chi connectivity index (χ4v) is 3.66. The molecule has 0 radical (unpaired) electrons. The summed E-state index contributed by atoms with van der Waals surface area (Å²) in [7, 11) is 4.92. The monoisotopic (exact) mass is 369 g/mol. The van der Waals surface area contributed by atoms with E-state index in [9.17, 15) is 4.79 Å². The van der Waals surface area contributed by atoms with Crippen LogP contribution in [0.1, 0.15) is 36.6 Å². The van der Waals surface area contributed by atoms with Crippen molar-refractivity contribution in [3.8, 4) is 17.2 Å². The van der Waals surface area contributed by atoms with E-state index in [0.717, 1.165) is 23.3 Å². The number of benzene rings is 2. The smallest absolute Gasteiger partial charge is 0.225 e. The molecule has 1 aliphatic heterocycles. The number of carbonyl (C=O) groups excluding carboxylic acids is 1. The lowest BCUT2D eigenvalue weighted by Crippen LogP contribution is -2.42. The largest absolute Gasteiger partial charge is 0.497 e. The van der Waals surface area contributed by atoms with Crippen LogP contribution in [-0.2, 0) is 11.2 Å². The third-order valence-corrected chi connectivity index (χ3v) is 5.08. The van der Waals surface area contributed by atoms with Crippen molar-refractivity contribution in [1.29, 1.82) is 0 Å². The first-order chi connectivity index (χ1) is 13.0. The van der Waals surface area contributed by atoms with Gasteiger partial charge in [-0.25, -0.2) is 0 Å². The van der Waals surface area contributed by atoms with Crippen LogP contribution in [0.3, 0.4) is 0 Å². The van der Waals surface area contributed by atoms with E-state index in [2.05, 4.69) is 0 Å². The van der Waals surface area contributed by atoms with Gasteiger partial charge in [0, 0.05) is 12.5 Å². The molecular formula is C22H27NO4. The number of rotatable bonds is 5. The number of methoxy groups -OCH3 is 3. The van der Waals surface area contributed by atoms with Gasteiger partial charge < -0.3 is 19.1 Å². The second-order valence-electron chi connectivity index (χ2n) is 7.02. The molecule has 3 rings (SSSR count). The normalized spacial score (nSPS) is 16.1. The standard InChI is InChI=1S/C22H27NO4/c1-14(2)22(24)23-11-10-16-12-19(26-4)20(27-5)13-18(16)21(23)15-6-8-17(25-3)9-7-15/h6-9,12-14,21H,10-11H2,1-5H3/t21-/m0/s1. The molecule has 0 fully saturated rings. The maximum absolute atomic E-state index is 12.9. The molecule has 2 aromatic carbocycles. The Balaban J connectivity index is 2.14. The summed E-state index contributed by atoms with van der Waals surface area (Å²) in [5.74, 6) is 2.27. The third-order valence-electron chi connectivity index (χ3n) is 5.08. The van der Waals surface area contributed by atoms with E-state index in [1.54, 1.807) is 21.3 Å². The summed E-state index contributed by atoms with van der Waals surface area (Å²) in [4.78, 5) is 14.9. The number of nitrogens with zero attached hydrogens (tertiary/aromatic N) is 1. The zero-order chi connectivity index (χ0) is 19.6. The highest BCUT2D eigenvalue weighted by Gasteiger charge is 2.34. The molecule has 1 heterocycles. The number of ether oxygens (including phenoxy) is 3. The lowest BCUT2D eigenvalue weighted by atomic mass is 9.87. The molecule has 0 bridgehead atoms. The highest BCUT2D eigenvalue weighted by molar-refractivity contribution is 5.79. The molecule has 0 aromatic heterocycles. The van der Waals surface area contributed by atoms with E-state index in [1.165, 1.54) is 5.56 Å². The van der Waals surface area contributed by atoms with E-state index in [4.69, 9.17) is 14.2 Å². The molecule has 0 spiro atoms. The molecule has 144 valence electrons. The molecular weight excluding hydrogens is 342 g/mol. The maximum atomic E-state index is 12.9. The van der Waals surface area contributed by atoms with Crippen molar-refractivity contribution < 1.29 is 19.0 Å². The summed E-state index contributed by atoms with van der Waals surface area (Å²) in [6.45, 7) is 4.56. The second-order valence-corrected chi connectivity index (χ2v) is 7.02. The number of hydrogen-bond donors (Lipinski definition) is 0. The van der Waals surface area contributed by atoms with Gasteiger partial charge in [-0.15, -0.1) is 0 Å². The average Bonchev–Trinajstić information content (AvgIpc) is 2.71. The van der Waals surface area contributed by atoms with Gasteiger partial charge in [-0.2, -0.15) is 0 Å². The Hall–Kier alpha value is -2.69. The van der Waals surface area contributed by atoms with Crippen LogP contribution in [-0.4, -0.2) is 38.7 Å². The van der Waals surface area contributed by atoms with Crippen molar-refractivity contribution in [2.24, 2.45) is 5.92 Å². The summed E-state index contributed by atoms with van der Waals surface area (Å²) in [5.41, 5.74) is 3.32. The SMILES string of the molecule is COc1ccc([C@H]2c3cc(OC)c(OC)cc3CCN2C(=O)C(C)C)cc1. The first-order valence-corrected chi connectivity index (χ1v) is 9.19. The highest BCUT2D eigenvalue weighted by Crippen LogP contribution is 2.41. The molecule has 27 heavy (non-hydrogen) atoms. The van der Waals surface area contributed by atoms with Crippen LogP contribution in [0.2, 0.25) is 0 Å². The molecule has 0 N–H and O–H groups in total. The fourth-order valence-electron chi connectivity index (χ4n) is 3.66. The van der Waals surface area contributed by atoms with Crippen molar-refractivity contribution >= 4 is 5.91 Å². The van der Waals surface area contributed by atoms with Crippen LogP contribution in [0.5, 0.6) is 17.2 Å². The summed E-state index contributed by atoms with van der Waals surface area (Å²) in [5, 5.41) is 0. The van der Waals surface area contributed by atoms with Crippen LogP contribution < -0.4 is 14.2 Å². The van der Waals surface area contributed by atoms with E-state index in [1.807, 2.05) is 55.1 Å². The van der Waals surface area contributed by atoms with Crippen molar-refractivity contribution in [1.82, 2.24) is 4.90 Å². The Morgan fingerprint density at radius 1 is 1.00 bits per heavy atom. The Labute approximate surface area is 160 Å². The Morgan fingerprint density at radius 2 is 1.63 bits per heavy atom. The van der Waals surface area contributed by atoms with Crippen LogP contribution >= 0.6 is 0 Å². The van der Waals surface area contributed by atoms with Crippen molar-refractivity contribution in [2.45, 2.75) is 26.3 Å². The summed E-state index contributed by atoms with van der Waals surface area (Å²) >= 11 is 0. The Morgan fingerprint density at radius 3 is 2.19 bits per heavy atom. The topological polar surface area (TPSA) is 48.0 Å². The minimum absolute atomic E-state index is 0.0626. The molecule has 1 amide bonds. The molecule has 5 heteroatoms. The van der Waals surface area contributed by atoms with Gasteiger partial charge in [0.05, 0.1) is 27.4 Å².